The van der Waals surface area contributed by atoms with Crippen molar-refractivity contribution in [2.24, 2.45) is 5.92 Å². The van der Waals surface area contributed by atoms with Gasteiger partial charge in [0, 0.05) is 42.6 Å². The topological polar surface area (TPSA) is 49.3 Å². The van der Waals surface area contributed by atoms with Crippen LogP contribution in [0.5, 0.6) is 0 Å². The molecule has 1 unspecified atom stereocenters. The highest BCUT2D eigenvalue weighted by Crippen LogP contribution is 2.34. The van der Waals surface area contributed by atoms with Crippen LogP contribution in [0.25, 0.3) is 10.3 Å². The second kappa shape index (κ2) is 6.87. The summed E-state index contributed by atoms with van der Waals surface area (Å²) in [4.78, 5) is 28.9. The first-order valence-corrected chi connectivity index (χ1v) is 11.2. The van der Waals surface area contributed by atoms with Gasteiger partial charge in [-0.15, -0.1) is 11.3 Å². The average Bonchev–Trinajstić information content (AvgIpc) is 3.31. The molecule has 1 fully saturated rings. The van der Waals surface area contributed by atoms with Crippen molar-refractivity contribution in [3.8, 4) is 0 Å². The largest absolute Gasteiger partial charge is 0.344 e. The number of hydrogen-bond donors (Lipinski definition) is 0. The Balaban J connectivity index is 1.28. The van der Waals surface area contributed by atoms with Gasteiger partial charge in [-0.25, -0.2) is 9.97 Å². The van der Waals surface area contributed by atoms with E-state index in [1.807, 2.05) is 23.2 Å². The van der Waals surface area contributed by atoms with E-state index in [0.717, 1.165) is 66.0 Å². The molecule has 0 saturated carbocycles. The van der Waals surface area contributed by atoms with Crippen LogP contribution in [0.4, 0.5) is 5.13 Å². The van der Waals surface area contributed by atoms with Crippen molar-refractivity contribution in [1.82, 2.24) is 14.9 Å². The maximum atomic E-state index is 13.1. The van der Waals surface area contributed by atoms with Crippen LogP contribution in [-0.2, 0) is 12.8 Å². The first-order valence-electron chi connectivity index (χ1n) is 9.54. The number of rotatable bonds is 2. The van der Waals surface area contributed by atoms with Gasteiger partial charge in [0.2, 0.25) is 0 Å². The molecule has 3 aromatic heterocycles. The number of nitrogens with zero attached hydrogens (tertiary/aromatic N) is 4. The van der Waals surface area contributed by atoms with Gasteiger partial charge in [-0.1, -0.05) is 18.3 Å². The molecule has 27 heavy (non-hydrogen) atoms. The maximum absolute atomic E-state index is 13.1. The number of amides is 1. The fourth-order valence-electron chi connectivity index (χ4n) is 4.02. The van der Waals surface area contributed by atoms with Crippen LogP contribution in [0, 0.1) is 5.92 Å². The highest BCUT2D eigenvalue weighted by molar-refractivity contribution is 7.21. The van der Waals surface area contributed by atoms with Crippen LogP contribution in [0.3, 0.4) is 0 Å². The quantitative estimate of drug-likeness (QED) is 0.658. The van der Waals surface area contributed by atoms with Crippen molar-refractivity contribution in [3.63, 3.8) is 0 Å². The van der Waals surface area contributed by atoms with E-state index in [0.29, 0.717) is 0 Å². The Morgan fingerprint density at radius 1 is 1.26 bits per heavy atom. The summed E-state index contributed by atoms with van der Waals surface area (Å²) >= 11 is 3.41. The van der Waals surface area contributed by atoms with E-state index in [1.54, 1.807) is 22.7 Å². The van der Waals surface area contributed by atoms with Crippen LogP contribution in [0.1, 0.15) is 34.1 Å². The third-order valence-corrected chi connectivity index (χ3v) is 7.72. The standard InChI is InChI=1S/C20H22N4OS2/c1-13-4-5-14-15(12-26-17(14)11-13)19(25)23-7-9-24(10-8-23)20-22-16-3-2-6-21-18(16)27-20/h2-3,6,12-13H,4-5,7-11H2,1H3. The van der Waals surface area contributed by atoms with Gasteiger partial charge < -0.3 is 9.80 Å². The number of thiophene rings is 1. The summed E-state index contributed by atoms with van der Waals surface area (Å²) in [5.74, 6) is 0.957. The lowest BCUT2D eigenvalue weighted by atomic mass is 9.88. The summed E-state index contributed by atoms with van der Waals surface area (Å²) in [5, 5.41) is 3.11. The van der Waals surface area contributed by atoms with Crippen molar-refractivity contribution in [2.45, 2.75) is 26.2 Å². The van der Waals surface area contributed by atoms with Crippen LogP contribution in [-0.4, -0.2) is 47.0 Å². The zero-order chi connectivity index (χ0) is 18.4. The predicted octanol–water partition coefficient (Wildman–Crippen LogP) is 3.84. The fraction of sp³-hybridized carbons (Fsp3) is 0.450. The second-order valence-corrected chi connectivity index (χ2v) is 9.42. The number of piperazine rings is 1. The summed E-state index contributed by atoms with van der Waals surface area (Å²) in [7, 11) is 0. The molecule has 1 saturated heterocycles. The summed E-state index contributed by atoms with van der Waals surface area (Å²) in [6, 6.07) is 3.92. The van der Waals surface area contributed by atoms with Gasteiger partial charge in [0.15, 0.2) is 5.13 Å². The van der Waals surface area contributed by atoms with Gasteiger partial charge in [-0.05, 0) is 42.9 Å². The summed E-state index contributed by atoms with van der Waals surface area (Å²) in [6.07, 6.45) is 5.19. The third-order valence-electron chi connectivity index (χ3n) is 5.62. The molecule has 7 heteroatoms. The molecule has 1 atom stereocenters. The van der Waals surface area contributed by atoms with Crippen molar-refractivity contribution in [1.29, 1.82) is 0 Å². The number of pyridine rings is 1. The molecule has 1 aliphatic heterocycles. The SMILES string of the molecule is CC1CCc2c(C(=O)N3CCN(c4nc5cccnc5s4)CC3)csc2C1. The normalized spacial score (nSPS) is 20.1. The molecule has 0 radical (unpaired) electrons. The van der Waals surface area contributed by atoms with Crippen molar-refractivity contribution in [3.05, 3.63) is 39.7 Å². The van der Waals surface area contributed by atoms with Gasteiger partial charge >= 0.3 is 0 Å². The van der Waals surface area contributed by atoms with Crippen molar-refractivity contribution >= 4 is 44.1 Å². The van der Waals surface area contributed by atoms with Crippen LogP contribution < -0.4 is 4.90 Å². The molecule has 5 nitrogen and oxygen atoms in total. The number of carbonyl (C=O) groups excluding carboxylic acids is 1. The molecule has 5 rings (SSSR count). The first-order chi connectivity index (χ1) is 13.2. The van der Waals surface area contributed by atoms with Gasteiger partial charge in [0.1, 0.15) is 10.3 Å². The molecule has 0 spiro atoms. The molecule has 0 aromatic carbocycles. The van der Waals surface area contributed by atoms with Gasteiger partial charge in [-0.2, -0.15) is 0 Å². The number of aromatic nitrogens is 2. The zero-order valence-corrected chi connectivity index (χ0v) is 17.0. The Morgan fingerprint density at radius 3 is 2.93 bits per heavy atom. The Kier molecular flexibility index (Phi) is 4.36. The number of fused-ring (bicyclic) bond motifs is 2. The van der Waals surface area contributed by atoms with Crippen molar-refractivity contribution in [2.75, 3.05) is 31.1 Å². The van der Waals surface area contributed by atoms with Gasteiger partial charge in [0.25, 0.3) is 5.91 Å². The molecule has 0 N–H and O–H groups in total. The third kappa shape index (κ3) is 3.12. The molecular weight excluding hydrogens is 376 g/mol. The molecule has 4 heterocycles. The highest BCUT2D eigenvalue weighted by Gasteiger charge is 2.28. The number of thiazole rings is 1. The summed E-state index contributed by atoms with van der Waals surface area (Å²) in [5.41, 5.74) is 3.23. The minimum Gasteiger partial charge on any atom is -0.344 e. The van der Waals surface area contributed by atoms with E-state index in [9.17, 15) is 4.79 Å². The molecule has 2 aliphatic rings. The number of anilines is 1. The van der Waals surface area contributed by atoms with Crippen molar-refractivity contribution < 1.29 is 4.79 Å². The molecule has 140 valence electrons. The van der Waals surface area contributed by atoms with Crippen LogP contribution in [0.2, 0.25) is 0 Å². The predicted molar refractivity (Wildman–Crippen MR) is 111 cm³/mol. The summed E-state index contributed by atoms with van der Waals surface area (Å²) in [6.45, 7) is 5.47. The monoisotopic (exact) mass is 398 g/mol. The minimum absolute atomic E-state index is 0.215. The maximum Gasteiger partial charge on any atom is 0.255 e. The van der Waals surface area contributed by atoms with E-state index in [4.69, 9.17) is 4.98 Å². The lowest BCUT2D eigenvalue weighted by Gasteiger charge is -2.34. The smallest absolute Gasteiger partial charge is 0.255 e. The second-order valence-electron chi connectivity index (χ2n) is 7.50. The Morgan fingerprint density at radius 2 is 2.11 bits per heavy atom. The van der Waals surface area contributed by atoms with Gasteiger partial charge in [0.05, 0.1) is 5.56 Å². The Labute approximate surface area is 166 Å². The average molecular weight is 399 g/mol. The molecule has 3 aromatic rings. The van der Waals surface area contributed by atoms with E-state index in [-0.39, 0.29) is 5.91 Å². The van der Waals surface area contributed by atoms with E-state index in [1.165, 1.54) is 16.9 Å². The lowest BCUT2D eigenvalue weighted by molar-refractivity contribution is 0.0746. The molecule has 0 bridgehead atoms. The minimum atomic E-state index is 0.215. The number of hydrogen-bond acceptors (Lipinski definition) is 6. The summed E-state index contributed by atoms with van der Waals surface area (Å²) < 4.78 is 0. The first kappa shape index (κ1) is 17.1. The Hall–Kier alpha value is -1.99. The highest BCUT2D eigenvalue weighted by atomic mass is 32.1. The van der Waals surface area contributed by atoms with E-state index in [2.05, 4.69) is 22.2 Å². The molecular formula is C20H22N4OS2. The molecule has 1 amide bonds. The van der Waals surface area contributed by atoms with Gasteiger partial charge in [-0.3, -0.25) is 4.79 Å². The zero-order valence-electron chi connectivity index (χ0n) is 15.4. The van der Waals surface area contributed by atoms with E-state index >= 15 is 0 Å². The van der Waals surface area contributed by atoms with E-state index < -0.39 is 0 Å². The van der Waals surface area contributed by atoms with Crippen LogP contribution in [0.15, 0.2) is 23.7 Å². The lowest BCUT2D eigenvalue weighted by Crippen LogP contribution is -2.48. The van der Waals surface area contributed by atoms with Crippen LogP contribution >= 0.6 is 22.7 Å². The molecule has 1 aliphatic carbocycles. The Bertz CT molecular complexity index is 954. The number of carbonyl (C=O) groups is 1. The fourth-order valence-corrected chi connectivity index (χ4v) is 6.22.